The van der Waals surface area contributed by atoms with Gasteiger partial charge in [-0.05, 0) is 17.5 Å². The highest BCUT2D eigenvalue weighted by molar-refractivity contribution is 8.00. The van der Waals surface area contributed by atoms with Crippen LogP contribution in [0.2, 0.25) is 0 Å². The van der Waals surface area contributed by atoms with Gasteiger partial charge in [0, 0.05) is 19.5 Å². The molecule has 6 nitrogen and oxygen atoms in total. The van der Waals surface area contributed by atoms with Crippen LogP contribution in [0.5, 0.6) is 0 Å². The lowest BCUT2D eigenvalue weighted by Gasteiger charge is -2.36. The van der Waals surface area contributed by atoms with Gasteiger partial charge in [0.25, 0.3) is 5.91 Å². The van der Waals surface area contributed by atoms with Crippen molar-refractivity contribution < 1.29 is 9.53 Å². The van der Waals surface area contributed by atoms with Crippen molar-refractivity contribution in [3.8, 4) is 0 Å². The van der Waals surface area contributed by atoms with E-state index >= 15 is 0 Å². The van der Waals surface area contributed by atoms with Gasteiger partial charge in [-0.1, -0.05) is 49.9 Å². The van der Waals surface area contributed by atoms with E-state index in [1.807, 2.05) is 6.92 Å². The molecule has 0 spiro atoms. The molecule has 2 aromatic rings. The fourth-order valence-electron chi connectivity index (χ4n) is 3.58. The minimum Gasteiger partial charge on any atom is -0.379 e. The minimum atomic E-state index is -0.221. The Hall–Kier alpha value is -1.70. The molecule has 4 rings (SSSR count). The fourth-order valence-corrected chi connectivity index (χ4v) is 4.85. The van der Waals surface area contributed by atoms with Crippen LogP contribution in [-0.4, -0.2) is 57.1 Å². The van der Waals surface area contributed by atoms with E-state index < -0.39 is 0 Å². The summed E-state index contributed by atoms with van der Waals surface area (Å²) in [5, 5.41) is 4.88. The van der Waals surface area contributed by atoms with E-state index in [-0.39, 0.29) is 17.2 Å². The third kappa shape index (κ3) is 3.19. The number of morpholine rings is 1. The first-order valence-electron chi connectivity index (χ1n) is 9.28. The zero-order valence-corrected chi connectivity index (χ0v) is 16.0. The van der Waals surface area contributed by atoms with Gasteiger partial charge in [0.05, 0.1) is 19.3 Å². The molecule has 1 saturated heterocycles. The van der Waals surface area contributed by atoms with Gasteiger partial charge in [0.15, 0.2) is 11.0 Å². The average molecular weight is 372 g/mol. The van der Waals surface area contributed by atoms with Gasteiger partial charge >= 0.3 is 0 Å². The van der Waals surface area contributed by atoms with Gasteiger partial charge in [-0.15, -0.1) is 5.10 Å². The second-order valence-corrected chi connectivity index (χ2v) is 7.75. The van der Waals surface area contributed by atoms with Gasteiger partial charge in [-0.3, -0.25) is 9.69 Å². The van der Waals surface area contributed by atoms with Crippen LogP contribution in [0.15, 0.2) is 29.4 Å². The van der Waals surface area contributed by atoms with Crippen molar-refractivity contribution in [1.29, 1.82) is 0 Å². The number of hydrogen-bond acceptors (Lipinski definition) is 6. The lowest BCUT2D eigenvalue weighted by molar-refractivity contribution is 0.0152. The molecule has 2 atom stereocenters. The molecule has 1 aromatic carbocycles. The maximum absolute atomic E-state index is 13.1. The van der Waals surface area contributed by atoms with E-state index in [1.165, 1.54) is 15.8 Å². The fraction of sp³-hybridized carbons (Fsp3) is 0.526. The highest BCUT2D eigenvalue weighted by Crippen LogP contribution is 2.41. The predicted molar refractivity (Wildman–Crippen MR) is 101 cm³/mol. The van der Waals surface area contributed by atoms with E-state index in [2.05, 4.69) is 46.2 Å². The van der Waals surface area contributed by atoms with E-state index in [0.717, 1.165) is 36.9 Å². The largest absolute Gasteiger partial charge is 0.379 e. The Morgan fingerprint density at radius 3 is 2.54 bits per heavy atom. The monoisotopic (exact) mass is 372 g/mol. The second-order valence-electron chi connectivity index (χ2n) is 6.64. The van der Waals surface area contributed by atoms with Crippen molar-refractivity contribution >= 4 is 17.7 Å². The van der Waals surface area contributed by atoms with Gasteiger partial charge < -0.3 is 4.74 Å². The summed E-state index contributed by atoms with van der Waals surface area (Å²) < 4.78 is 7.03. The van der Waals surface area contributed by atoms with E-state index in [0.29, 0.717) is 13.2 Å². The molecule has 0 radical (unpaired) electrons. The maximum atomic E-state index is 13.1. The van der Waals surface area contributed by atoms with Gasteiger partial charge in [-0.25, -0.2) is 4.98 Å². The van der Waals surface area contributed by atoms with Crippen LogP contribution in [0.3, 0.4) is 0 Å². The van der Waals surface area contributed by atoms with Crippen LogP contribution >= 0.6 is 11.8 Å². The molecular weight excluding hydrogens is 348 g/mol. The number of fused-ring (bicyclic) bond motifs is 1. The van der Waals surface area contributed by atoms with Gasteiger partial charge in [-0.2, -0.15) is 4.68 Å². The second kappa shape index (κ2) is 7.50. The summed E-state index contributed by atoms with van der Waals surface area (Å²) in [4.78, 5) is 20.0. The molecule has 1 aromatic heterocycles. The minimum absolute atomic E-state index is 0.0101. The van der Waals surface area contributed by atoms with E-state index in [1.54, 1.807) is 11.8 Å². The highest BCUT2D eigenvalue weighted by atomic mass is 32.2. The topological polar surface area (TPSA) is 60.2 Å². The van der Waals surface area contributed by atoms with E-state index in [9.17, 15) is 4.79 Å². The molecule has 0 N–H and O–H groups in total. The number of carbonyl (C=O) groups is 1. The SMILES string of the molecule is CCc1ccc(C(C2Sc3nc(CC)nn3C2=O)N2CCOCC2)cc1. The summed E-state index contributed by atoms with van der Waals surface area (Å²) in [6.07, 6.45) is 1.75. The number of nitrogens with zero attached hydrogens (tertiary/aromatic N) is 4. The average Bonchev–Trinajstić information content (AvgIpc) is 3.23. The molecule has 0 bridgehead atoms. The number of aryl methyl sites for hydroxylation is 2. The summed E-state index contributed by atoms with van der Waals surface area (Å²) in [5.41, 5.74) is 2.48. The number of rotatable bonds is 5. The van der Waals surface area contributed by atoms with Crippen molar-refractivity contribution in [1.82, 2.24) is 19.7 Å². The van der Waals surface area contributed by atoms with Gasteiger partial charge in [0.2, 0.25) is 0 Å². The molecule has 0 aliphatic carbocycles. The third-order valence-electron chi connectivity index (χ3n) is 5.08. The standard InChI is InChI=1S/C19H24N4O2S/c1-3-13-5-7-14(8-6-13)16(22-9-11-25-12-10-22)17-18(24)23-19(26-17)20-15(4-2)21-23/h5-8,16-17H,3-4,9-12H2,1-2H3. The Morgan fingerprint density at radius 1 is 1.19 bits per heavy atom. The maximum Gasteiger partial charge on any atom is 0.264 e. The molecule has 26 heavy (non-hydrogen) atoms. The molecule has 7 heteroatoms. The van der Waals surface area contributed by atoms with Crippen molar-refractivity contribution in [3.63, 3.8) is 0 Å². The lowest BCUT2D eigenvalue weighted by Crippen LogP contribution is -2.44. The Balaban J connectivity index is 1.66. The molecule has 2 aliphatic rings. The molecule has 1 fully saturated rings. The first-order chi connectivity index (χ1) is 12.7. The van der Waals surface area contributed by atoms with Crippen LogP contribution in [0.1, 0.15) is 41.6 Å². The highest BCUT2D eigenvalue weighted by Gasteiger charge is 2.43. The summed E-state index contributed by atoms with van der Waals surface area (Å²) in [6.45, 7) is 7.24. The number of carbonyl (C=O) groups excluding carboxylic acids is 1. The number of hydrogen-bond donors (Lipinski definition) is 0. The lowest BCUT2D eigenvalue weighted by atomic mass is 9.98. The summed E-state index contributed by atoms with van der Waals surface area (Å²) in [7, 11) is 0. The zero-order valence-electron chi connectivity index (χ0n) is 15.2. The Bertz CT molecular complexity index is 783. The number of benzene rings is 1. The van der Waals surface area contributed by atoms with Crippen LogP contribution in [0.4, 0.5) is 0 Å². The Labute approximate surface area is 157 Å². The number of thioether (sulfide) groups is 1. The van der Waals surface area contributed by atoms with Crippen LogP contribution < -0.4 is 0 Å². The normalized spacial score (nSPS) is 21.8. The molecule has 138 valence electrons. The summed E-state index contributed by atoms with van der Waals surface area (Å²) in [5.74, 6) is 0.766. The molecule has 2 aliphatic heterocycles. The Morgan fingerprint density at radius 2 is 1.92 bits per heavy atom. The summed E-state index contributed by atoms with van der Waals surface area (Å²) in [6, 6.07) is 8.67. The molecule has 0 amide bonds. The third-order valence-corrected chi connectivity index (χ3v) is 6.27. The molecular formula is C19H24N4O2S. The first-order valence-corrected chi connectivity index (χ1v) is 10.2. The van der Waals surface area contributed by atoms with Crippen molar-refractivity contribution in [2.24, 2.45) is 0 Å². The zero-order chi connectivity index (χ0) is 18.1. The summed E-state index contributed by atoms with van der Waals surface area (Å²) >= 11 is 1.54. The molecule has 3 heterocycles. The molecule has 0 saturated carbocycles. The van der Waals surface area contributed by atoms with E-state index in [4.69, 9.17) is 4.74 Å². The number of aromatic nitrogens is 3. The quantitative estimate of drug-likeness (QED) is 0.804. The number of ether oxygens (including phenoxy) is 1. The molecule has 2 unspecified atom stereocenters. The van der Waals surface area contributed by atoms with Crippen molar-refractivity contribution in [2.75, 3.05) is 26.3 Å². The van der Waals surface area contributed by atoms with Crippen molar-refractivity contribution in [3.05, 3.63) is 41.2 Å². The van der Waals surface area contributed by atoms with Crippen LogP contribution in [0.25, 0.3) is 0 Å². The van der Waals surface area contributed by atoms with Crippen LogP contribution in [0, 0.1) is 0 Å². The van der Waals surface area contributed by atoms with Crippen LogP contribution in [-0.2, 0) is 17.6 Å². The van der Waals surface area contributed by atoms with Gasteiger partial charge in [0.1, 0.15) is 5.25 Å². The predicted octanol–water partition coefficient (Wildman–Crippen LogP) is 2.59. The first kappa shape index (κ1) is 17.7. The Kier molecular flexibility index (Phi) is 5.11. The van der Waals surface area contributed by atoms with Crippen molar-refractivity contribution in [2.45, 2.75) is 43.1 Å². The smallest absolute Gasteiger partial charge is 0.264 e.